The first-order chi connectivity index (χ1) is 39.5. The van der Waals surface area contributed by atoms with Crippen molar-refractivity contribution < 1.29 is 80.9 Å². The van der Waals surface area contributed by atoms with Gasteiger partial charge in [-0.15, -0.1) is 11.8 Å². The molecular weight excluding hydrogens is 1060 g/mol. The second-order valence-electron chi connectivity index (χ2n) is 18.3. The third kappa shape index (κ3) is 14.7. The first-order valence-corrected chi connectivity index (χ1v) is 26.9. The molecule has 10 atom stereocenters. The van der Waals surface area contributed by atoms with Crippen molar-refractivity contribution in [2.75, 3.05) is 19.0 Å². The van der Waals surface area contributed by atoms with E-state index in [9.17, 15) is 33.6 Å². The van der Waals surface area contributed by atoms with E-state index < -0.39 is 116 Å². The Labute approximate surface area is 470 Å². The Kier molecular flexibility index (Phi) is 19.5. The summed E-state index contributed by atoms with van der Waals surface area (Å²) in [7, 11) is 0. The highest BCUT2D eigenvalue weighted by Gasteiger charge is 2.58. The van der Waals surface area contributed by atoms with E-state index >= 15 is 0 Å². The highest BCUT2D eigenvalue weighted by molar-refractivity contribution is 7.99. The summed E-state index contributed by atoms with van der Waals surface area (Å²) in [6.45, 7) is 0.518. The van der Waals surface area contributed by atoms with Crippen molar-refractivity contribution in [3.05, 3.63) is 251 Å². The van der Waals surface area contributed by atoms with E-state index in [1.807, 2.05) is 6.92 Å². The van der Waals surface area contributed by atoms with Gasteiger partial charge in [-0.3, -0.25) is 0 Å². The predicted molar refractivity (Wildman–Crippen MR) is 292 cm³/mol. The van der Waals surface area contributed by atoms with Crippen molar-refractivity contribution in [2.24, 2.45) is 0 Å². The Morgan fingerprint density at radius 1 is 0.333 bits per heavy atom. The third-order valence-electron chi connectivity index (χ3n) is 12.8. The summed E-state index contributed by atoms with van der Waals surface area (Å²) >= 11 is 1.19. The number of rotatable bonds is 20. The number of ether oxygens (including phenoxy) is 10. The van der Waals surface area contributed by atoms with Crippen LogP contribution in [0.25, 0.3) is 0 Å². The molecule has 0 aliphatic carbocycles. The third-order valence-corrected chi connectivity index (χ3v) is 13.9. The SMILES string of the molecule is CCS[C@H]1O[C@H](COC(=O)c2ccccc2)[C@@H](O[C@H]2O[C@H](COC(=O)c3ccccc3)[C@@H](OC(=O)c3ccccc3)[C@H](OC(=O)c3ccccc3)[C@H]2OC(=O)c2ccccc2)[C@H](OC(=O)c2ccccc2)[C@H]1OC(=O)c1ccccc1. The predicted octanol–water partition coefficient (Wildman–Crippen LogP) is 9.42. The van der Waals surface area contributed by atoms with Gasteiger partial charge in [0, 0.05) is 0 Å². The lowest BCUT2D eigenvalue weighted by Crippen LogP contribution is -2.67. The van der Waals surface area contributed by atoms with Gasteiger partial charge in [-0.2, -0.15) is 0 Å². The van der Waals surface area contributed by atoms with Gasteiger partial charge in [-0.05, 0) is 90.7 Å². The van der Waals surface area contributed by atoms with Crippen LogP contribution in [0.1, 0.15) is 79.4 Å². The second-order valence-corrected chi connectivity index (χ2v) is 19.6. The molecule has 2 saturated heterocycles. The maximum absolute atomic E-state index is 14.6. The average Bonchev–Trinajstić information content (AvgIpc) is 3.71. The zero-order chi connectivity index (χ0) is 56.5. The minimum Gasteiger partial charge on any atom is -0.459 e. The fraction of sp³-hybridized carbons (Fsp3) is 0.222. The molecule has 18 heteroatoms. The van der Waals surface area contributed by atoms with Crippen LogP contribution in [-0.2, 0) is 47.4 Å². The fourth-order valence-electron chi connectivity index (χ4n) is 8.87. The van der Waals surface area contributed by atoms with Gasteiger partial charge in [-0.1, -0.05) is 134 Å². The van der Waals surface area contributed by atoms with Gasteiger partial charge in [0.05, 0.1) is 38.9 Å². The number of thioether (sulfide) groups is 1. The monoisotopic (exact) mass is 1110 g/mol. The number of carbonyl (C=O) groups excluding carboxylic acids is 7. The molecular formula is C63H54O17S. The number of carbonyl (C=O) groups is 7. The van der Waals surface area contributed by atoms with Crippen molar-refractivity contribution in [2.45, 2.75) is 67.5 Å². The van der Waals surface area contributed by atoms with E-state index in [0.29, 0.717) is 5.75 Å². The van der Waals surface area contributed by atoms with E-state index in [4.69, 9.17) is 47.4 Å². The first-order valence-electron chi connectivity index (χ1n) is 25.9. The van der Waals surface area contributed by atoms with E-state index in [-0.39, 0.29) is 38.9 Å². The van der Waals surface area contributed by atoms with E-state index in [1.165, 1.54) is 84.6 Å². The smallest absolute Gasteiger partial charge is 0.338 e. The first kappa shape index (κ1) is 56.8. The minimum absolute atomic E-state index is 0.0230. The molecule has 9 rings (SSSR count). The molecule has 2 aliphatic rings. The number of benzene rings is 7. The van der Waals surface area contributed by atoms with Crippen molar-refractivity contribution >= 4 is 53.5 Å². The Morgan fingerprint density at radius 2 is 0.605 bits per heavy atom. The lowest BCUT2D eigenvalue weighted by Gasteiger charge is -2.49. The van der Waals surface area contributed by atoms with Crippen LogP contribution in [0.4, 0.5) is 0 Å². The molecule has 0 aromatic heterocycles. The molecule has 7 aromatic carbocycles. The van der Waals surface area contributed by atoms with Crippen molar-refractivity contribution in [3.63, 3.8) is 0 Å². The highest BCUT2D eigenvalue weighted by Crippen LogP contribution is 2.39. The quantitative estimate of drug-likeness (QED) is 0.0514. The Balaban J connectivity index is 1.20. The summed E-state index contributed by atoms with van der Waals surface area (Å²) in [6.07, 6.45) is -15.6. The van der Waals surface area contributed by atoms with Crippen molar-refractivity contribution in [1.29, 1.82) is 0 Å². The highest BCUT2D eigenvalue weighted by atomic mass is 32.2. The van der Waals surface area contributed by atoms with Crippen LogP contribution >= 0.6 is 11.8 Å². The number of esters is 7. The van der Waals surface area contributed by atoms with Crippen LogP contribution in [0.5, 0.6) is 0 Å². The molecule has 0 saturated carbocycles. The van der Waals surface area contributed by atoms with Crippen LogP contribution < -0.4 is 0 Å². The summed E-state index contributed by atoms with van der Waals surface area (Å²) in [5.74, 6) is -5.86. The maximum Gasteiger partial charge on any atom is 0.338 e. The standard InChI is InChI=1S/C63H54O17S/c1-2-81-63-54(79-61(70)46-36-22-9-23-37-46)52(77-59(68)44-32-18-7-19-33-44)50(48(74-63)39-72-56(65)41-26-12-4-13-27-41)80-62-53(78-60(69)45-34-20-8-21-35-45)51(76-58(67)43-30-16-6-17-31-43)49(75-57(66)42-28-14-5-15-29-42)47(73-62)38-71-55(64)40-24-10-3-11-25-40/h3-37,47-54,62-63H,2,38-39H2,1H3/t47-,48-,49-,50-,51+,52+,53-,54-,62-,63-/m1/s1. The number of hydrogen-bond acceptors (Lipinski definition) is 18. The second kappa shape index (κ2) is 27.8. The lowest BCUT2D eigenvalue weighted by atomic mass is 9.96. The maximum atomic E-state index is 14.6. The summed E-state index contributed by atoms with van der Waals surface area (Å²) in [4.78, 5) is 99.7. The zero-order valence-electron chi connectivity index (χ0n) is 43.5. The zero-order valence-corrected chi connectivity index (χ0v) is 44.3. The molecule has 0 bridgehead atoms. The van der Waals surface area contributed by atoms with Gasteiger partial charge in [0.15, 0.2) is 36.8 Å². The van der Waals surface area contributed by atoms with Crippen molar-refractivity contribution in [1.82, 2.24) is 0 Å². The summed E-state index contributed by atoms with van der Waals surface area (Å²) in [5.41, 5.74) is -0.467. The molecule has 0 spiro atoms. The summed E-state index contributed by atoms with van der Waals surface area (Å²) in [5, 5.41) is 0. The van der Waals surface area contributed by atoms with Crippen LogP contribution in [-0.4, -0.2) is 121 Å². The number of hydrogen-bond donors (Lipinski definition) is 0. The Morgan fingerprint density at radius 3 is 0.938 bits per heavy atom. The largest absolute Gasteiger partial charge is 0.459 e. The fourth-order valence-corrected chi connectivity index (χ4v) is 9.82. The Bertz CT molecular complexity index is 3210. The van der Waals surface area contributed by atoms with Crippen molar-refractivity contribution in [3.8, 4) is 0 Å². The van der Waals surface area contributed by atoms with Crippen LogP contribution in [0.2, 0.25) is 0 Å². The average molecular weight is 1120 g/mol. The van der Waals surface area contributed by atoms with E-state index in [2.05, 4.69) is 0 Å². The molecule has 0 unspecified atom stereocenters. The summed E-state index contributed by atoms with van der Waals surface area (Å²) in [6, 6.07) is 55.5. The summed E-state index contributed by atoms with van der Waals surface area (Å²) < 4.78 is 64.0. The molecule has 2 fully saturated rings. The normalized spacial score (nSPS) is 22.1. The van der Waals surface area contributed by atoms with E-state index in [1.54, 1.807) is 140 Å². The lowest BCUT2D eigenvalue weighted by molar-refractivity contribution is -0.335. The topological polar surface area (TPSA) is 212 Å². The molecule has 2 heterocycles. The molecule has 0 amide bonds. The van der Waals surface area contributed by atoms with Gasteiger partial charge >= 0.3 is 41.8 Å². The molecule has 2 aliphatic heterocycles. The van der Waals surface area contributed by atoms with Gasteiger partial charge in [0.1, 0.15) is 37.0 Å². The van der Waals surface area contributed by atoms with Gasteiger partial charge in [-0.25, -0.2) is 33.6 Å². The molecule has 414 valence electrons. The van der Waals surface area contributed by atoms with E-state index in [0.717, 1.165) is 0 Å². The van der Waals surface area contributed by atoms with Crippen LogP contribution in [0.3, 0.4) is 0 Å². The minimum atomic E-state index is -2.00. The Hall–Kier alpha value is -8.94. The van der Waals surface area contributed by atoms with Gasteiger partial charge in [0.2, 0.25) is 0 Å². The molecule has 0 radical (unpaired) electrons. The molecule has 0 N–H and O–H groups in total. The molecule has 17 nitrogen and oxygen atoms in total. The van der Waals surface area contributed by atoms with Gasteiger partial charge < -0.3 is 47.4 Å². The molecule has 81 heavy (non-hydrogen) atoms. The van der Waals surface area contributed by atoms with Crippen LogP contribution in [0.15, 0.2) is 212 Å². The molecule has 7 aromatic rings. The van der Waals surface area contributed by atoms with Gasteiger partial charge in [0.25, 0.3) is 0 Å². The van der Waals surface area contributed by atoms with Crippen LogP contribution in [0, 0.1) is 0 Å².